The summed E-state index contributed by atoms with van der Waals surface area (Å²) in [7, 11) is 1.00. The van der Waals surface area contributed by atoms with Crippen LogP contribution in [0.4, 0.5) is 0 Å². The molecule has 0 saturated heterocycles. The highest BCUT2D eigenvalue weighted by atomic mass is 16.2. The summed E-state index contributed by atoms with van der Waals surface area (Å²) < 4.78 is 0. The first kappa shape index (κ1) is 11.0. The maximum atomic E-state index is 7.00. The maximum Gasteiger partial charge on any atom is 0.0319 e. The Kier molecular flexibility index (Phi) is 8.03. The number of unbranched alkanes of at least 4 members (excludes halogenated alkanes) is 2. The molecule has 11 heavy (non-hydrogen) atoms. The Morgan fingerprint density at radius 2 is 1.82 bits per heavy atom. The van der Waals surface area contributed by atoms with Gasteiger partial charge in [-0.25, -0.2) is 0 Å². The zero-order chi connectivity index (χ0) is 8.53. The molecule has 1 fully saturated rings. The minimum absolute atomic E-state index is 1.00. The highest BCUT2D eigenvalue weighted by molar-refractivity contribution is 4.68. The number of aliphatic hydroxyl groups excluding tert-OH is 1. The third-order valence-corrected chi connectivity index (χ3v) is 2.44. The zero-order valence-electron chi connectivity index (χ0n) is 7.97. The molecule has 1 nitrogen and oxygen atoms in total. The lowest BCUT2D eigenvalue weighted by Crippen LogP contribution is -2.10. The molecule has 0 radical (unpaired) electrons. The van der Waals surface area contributed by atoms with Crippen molar-refractivity contribution in [3.05, 3.63) is 0 Å². The number of hydrogen-bond donors (Lipinski definition) is 1. The summed E-state index contributed by atoms with van der Waals surface area (Å²) in [5.41, 5.74) is 0. The quantitative estimate of drug-likeness (QED) is 0.624. The fraction of sp³-hybridized carbons (Fsp3) is 1.00. The van der Waals surface area contributed by atoms with Gasteiger partial charge in [0.2, 0.25) is 0 Å². The normalized spacial score (nSPS) is 16.6. The predicted octanol–water partition coefficient (Wildman–Crippen LogP) is 2.98. The van der Waals surface area contributed by atoms with Gasteiger partial charge in [0.15, 0.2) is 0 Å². The molecule has 0 unspecified atom stereocenters. The Balaban J connectivity index is 0.000000461. The van der Waals surface area contributed by atoms with Gasteiger partial charge < -0.3 is 5.11 Å². The van der Waals surface area contributed by atoms with E-state index in [0.29, 0.717) is 0 Å². The molecular weight excluding hydrogens is 136 g/mol. The van der Waals surface area contributed by atoms with Crippen molar-refractivity contribution in [1.82, 2.24) is 0 Å². The van der Waals surface area contributed by atoms with Crippen molar-refractivity contribution >= 4 is 0 Å². The molecule has 0 atom stereocenters. The van der Waals surface area contributed by atoms with E-state index in [0.717, 1.165) is 13.0 Å². The van der Waals surface area contributed by atoms with Gasteiger partial charge in [-0.05, 0) is 5.92 Å². The van der Waals surface area contributed by atoms with Crippen LogP contribution in [0.15, 0.2) is 0 Å². The van der Waals surface area contributed by atoms with Gasteiger partial charge in [0.25, 0.3) is 0 Å². The summed E-state index contributed by atoms with van der Waals surface area (Å²) in [4.78, 5) is 0. The summed E-state index contributed by atoms with van der Waals surface area (Å²) in [5.74, 6) is 1.14. The minimum Gasteiger partial charge on any atom is -0.400 e. The lowest BCUT2D eigenvalue weighted by Gasteiger charge is -2.24. The first-order valence-electron chi connectivity index (χ1n) is 4.88. The SMILES string of the molecule is CCCCCC1CCC1.CO. The van der Waals surface area contributed by atoms with Crippen LogP contribution in [0, 0.1) is 5.92 Å². The Hall–Kier alpha value is -0.0400. The van der Waals surface area contributed by atoms with E-state index in [-0.39, 0.29) is 0 Å². The van der Waals surface area contributed by atoms with E-state index in [1.807, 2.05) is 0 Å². The molecule has 0 heterocycles. The number of rotatable bonds is 4. The molecule has 1 rings (SSSR count). The van der Waals surface area contributed by atoms with Crippen LogP contribution in [-0.2, 0) is 0 Å². The Bertz CT molecular complexity index is 67.3. The molecule has 0 aromatic carbocycles. The van der Waals surface area contributed by atoms with Gasteiger partial charge in [0, 0.05) is 7.11 Å². The van der Waals surface area contributed by atoms with Gasteiger partial charge in [-0.2, -0.15) is 0 Å². The Labute approximate surface area is 70.8 Å². The highest BCUT2D eigenvalue weighted by Crippen LogP contribution is 2.30. The largest absolute Gasteiger partial charge is 0.400 e. The molecule has 0 aromatic rings. The van der Waals surface area contributed by atoms with Crippen molar-refractivity contribution in [1.29, 1.82) is 0 Å². The molecule has 68 valence electrons. The summed E-state index contributed by atoms with van der Waals surface area (Å²) >= 11 is 0. The molecule has 1 aliphatic rings. The summed E-state index contributed by atoms with van der Waals surface area (Å²) in [5, 5.41) is 7.00. The molecule has 1 heteroatoms. The summed E-state index contributed by atoms with van der Waals surface area (Å²) in [6, 6.07) is 0. The zero-order valence-corrected chi connectivity index (χ0v) is 7.97. The van der Waals surface area contributed by atoms with Crippen LogP contribution in [0.2, 0.25) is 0 Å². The second kappa shape index (κ2) is 8.06. The second-order valence-electron chi connectivity index (χ2n) is 3.29. The van der Waals surface area contributed by atoms with Gasteiger partial charge in [-0.1, -0.05) is 51.9 Å². The fourth-order valence-corrected chi connectivity index (χ4v) is 1.46. The van der Waals surface area contributed by atoms with Crippen LogP contribution in [0.1, 0.15) is 51.9 Å². The van der Waals surface area contributed by atoms with Gasteiger partial charge >= 0.3 is 0 Å². The molecule has 1 N–H and O–H groups in total. The van der Waals surface area contributed by atoms with E-state index < -0.39 is 0 Å². The summed E-state index contributed by atoms with van der Waals surface area (Å²) in [6.07, 6.45) is 10.4. The summed E-state index contributed by atoms with van der Waals surface area (Å²) in [6.45, 7) is 2.28. The lowest BCUT2D eigenvalue weighted by atomic mass is 9.82. The third-order valence-electron chi connectivity index (χ3n) is 2.44. The molecule has 1 saturated carbocycles. The third kappa shape index (κ3) is 5.25. The standard InChI is InChI=1S/C9H18.CH4O/c1-2-3-4-6-9-7-5-8-9;1-2/h9H,2-8H2,1H3;2H,1H3. The fourth-order valence-electron chi connectivity index (χ4n) is 1.46. The lowest BCUT2D eigenvalue weighted by molar-refractivity contribution is 0.287. The first-order chi connectivity index (χ1) is 5.43. The van der Waals surface area contributed by atoms with Crippen LogP contribution in [0.25, 0.3) is 0 Å². The van der Waals surface area contributed by atoms with Crippen molar-refractivity contribution in [2.75, 3.05) is 7.11 Å². The minimum atomic E-state index is 1.00. The van der Waals surface area contributed by atoms with Crippen molar-refractivity contribution in [3.63, 3.8) is 0 Å². The molecule has 0 bridgehead atoms. The van der Waals surface area contributed by atoms with Crippen LogP contribution >= 0.6 is 0 Å². The smallest absolute Gasteiger partial charge is 0.0319 e. The van der Waals surface area contributed by atoms with Crippen molar-refractivity contribution in [2.24, 2.45) is 5.92 Å². The first-order valence-corrected chi connectivity index (χ1v) is 4.88. The Morgan fingerprint density at radius 1 is 1.18 bits per heavy atom. The van der Waals surface area contributed by atoms with E-state index in [1.165, 1.54) is 44.9 Å². The van der Waals surface area contributed by atoms with Crippen LogP contribution in [-0.4, -0.2) is 12.2 Å². The number of aliphatic hydroxyl groups is 1. The Morgan fingerprint density at radius 3 is 2.18 bits per heavy atom. The monoisotopic (exact) mass is 158 g/mol. The molecule has 0 amide bonds. The van der Waals surface area contributed by atoms with E-state index in [2.05, 4.69) is 6.92 Å². The van der Waals surface area contributed by atoms with Crippen molar-refractivity contribution < 1.29 is 5.11 Å². The van der Waals surface area contributed by atoms with Crippen LogP contribution in [0.3, 0.4) is 0 Å². The van der Waals surface area contributed by atoms with Crippen molar-refractivity contribution in [3.8, 4) is 0 Å². The molecule has 0 aromatic heterocycles. The van der Waals surface area contributed by atoms with Gasteiger partial charge in [-0.15, -0.1) is 0 Å². The molecule has 1 aliphatic carbocycles. The van der Waals surface area contributed by atoms with Crippen molar-refractivity contribution in [2.45, 2.75) is 51.9 Å². The van der Waals surface area contributed by atoms with E-state index >= 15 is 0 Å². The van der Waals surface area contributed by atoms with Crippen LogP contribution < -0.4 is 0 Å². The molecule has 0 aliphatic heterocycles. The second-order valence-corrected chi connectivity index (χ2v) is 3.29. The molecule has 0 spiro atoms. The van der Waals surface area contributed by atoms with Gasteiger partial charge in [0.1, 0.15) is 0 Å². The van der Waals surface area contributed by atoms with E-state index in [9.17, 15) is 0 Å². The van der Waals surface area contributed by atoms with Gasteiger partial charge in [-0.3, -0.25) is 0 Å². The topological polar surface area (TPSA) is 20.2 Å². The molecular formula is C10H22O. The predicted molar refractivity (Wildman–Crippen MR) is 49.6 cm³/mol. The highest BCUT2D eigenvalue weighted by Gasteiger charge is 2.15. The maximum absolute atomic E-state index is 7.00. The number of hydrogen-bond acceptors (Lipinski definition) is 1. The van der Waals surface area contributed by atoms with Crippen LogP contribution in [0.5, 0.6) is 0 Å². The van der Waals surface area contributed by atoms with E-state index in [4.69, 9.17) is 5.11 Å². The average molecular weight is 158 g/mol. The van der Waals surface area contributed by atoms with Gasteiger partial charge in [0.05, 0.1) is 0 Å². The van der Waals surface area contributed by atoms with E-state index in [1.54, 1.807) is 0 Å². The average Bonchev–Trinajstić information content (AvgIpc) is 1.99.